The van der Waals surface area contributed by atoms with E-state index < -0.39 is 5.97 Å². The summed E-state index contributed by atoms with van der Waals surface area (Å²) < 4.78 is 10.4. The molecule has 0 aliphatic rings. The van der Waals surface area contributed by atoms with Gasteiger partial charge in [-0.3, -0.25) is 0 Å². The second kappa shape index (κ2) is 7.27. The third kappa shape index (κ3) is 3.59. The number of ether oxygens (including phenoxy) is 2. The molecule has 1 N–H and O–H groups in total. The Morgan fingerprint density at radius 3 is 1.68 bits per heavy atom. The summed E-state index contributed by atoms with van der Waals surface area (Å²) in [7, 11) is 3.24. The lowest BCUT2D eigenvalue weighted by molar-refractivity contribution is 0.0702. The molecule has 0 bridgehead atoms. The fourth-order valence-corrected chi connectivity index (χ4v) is 3.32. The van der Waals surface area contributed by atoms with Crippen LogP contribution < -0.4 is 14.4 Å². The number of carbonyl (C=O) groups is 1. The van der Waals surface area contributed by atoms with Gasteiger partial charge in [-0.1, -0.05) is 0 Å². The van der Waals surface area contributed by atoms with E-state index in [4.69, 9.17) is 9.47 Å². The van der Waals surface area contributed by atoms with Crippen LogP contribution in [0.3, 0.4) is 0 Å². The highest BCUT2D eigenvalue weighted by Crippen LogP contribution is 2.39. The molecular weight excluding hydrogens is 338 g/mol. The Morgan fingerprint density at radius 2 is 1.32 bits per heavy atom. The highest BCUT2D eigenvalue weighted by Gasteiger charge is 2.17. The minimum atomic E-state index is -0.930. The van der Waals surface area contributed by atoms with Crippen molar-refractivity contribution < 1.29 is 19.4 Å². The molecule has 3 rings (SSSR count). The number of anilines is 3. The van der Waals surface area contributed by atoms with E-state index in [0.29, 0.717) is 4.88 Å². The first kappa shape index (κ1) is 16.9. The van der Waals surface area contributed by atoms with Gasteiger partial charge in [-0.25, -0.2) is 4.79 Å². The molecule has 3 aromatic rings. The van der Waals surface area contributed by atoms with E-state index in [1.54, 1.807) is 20.3 Å². The van der Waals surface area contributed by atoms with Crippen molar-refractivity contribution in [2.24, 2.45) is 0 Å². The largest absolute Gasteiger partial charge is 0.497 e. The fraction of sp³-hybridized carbons (Fsp3) is 0.105. The zero-order valence-corrected chi connectivity index (χ0v) is 14.6. The molecule has 0 aliphatic heterocycles. The van der Waals surface area contributed by atoms with Crippen LogP contribution in [0.25, 0.3) is 0 Å². The molecule has 0 unspecified atom stereocenters. The van der Waals surface area contributed by atoms with E-state index in [-0.39, 0.29) is 0 Å². The van der Waals surface area contributed by atoms with Crippen LogP contribution in [0.15, 0.2) is 60.7 Å². The van der Waals surface area contributed by atoms with E-state index in [2.05, 4.69) is 0 Å². The van der Waals surface area contributed by atoms with Crippen molar-refractivity contribution in [3.63, 3.8) is 0 Å². The Kier molecular flexibility index (Phi) is 4.90. The first-order valence-electron chi connectivity index (χ1n) is 7.53. The molecule has 0 amide bonds. The van der Waals surface area contributed by atoms with Gasteiger partial charge < -0.3 is 19.5 Å². The van der Waals surface area contributed by atoms with Crippen molar-refractivity contribution in [1.82, 2.24) is 0 Å². The molecule has 5 nitrogen and oxygen atoms in total. The van der Waals surface area contributed by atoms with Gasteiger partial charge in [0, 0.05) is 11.4 Å². The molecule has 0 saturated carbocycles. The summed E-state index contributed by atoms with van der Waals surface area (Å²) in [5.74, 6) is 0.590. The van der Waals surface area contributed by atoms with Gasteiger partial charge in [0.15, 0.2) is 0 Å². The average molecular weight is 355 g/mol. The van der Waals surface area contributed by atoms with Crippen molar-refractivity contribution >= 4 is 33.7 Å². The molecule has 1 heterocycles. The fourth-order valence-electron chi connectivity index (χ4n) is 2.43. The molecule has 0 saturated heterocycles. The van der Waals surface area contributed by atoms with Gasteiger partial charge >= 0.3 is 5.97 Å². The number of carboxylic acids is 1. The minimum Gasteiger partial charge on any atom is -0.497 e. The van der Waals surface area contributed by atoms with E-state index >= 15 is 0 Å². The summed E-state index contributed by atoms with van der Waals surface area (Å²) >= 11 is 1.22. The van der Waals surface area contributed by atoms with E-state index in [9.17, 15) is 9.90 Å². The molecule has 0 fully saturated rings. The van der Waals surface area contributed by atoms with Crippen LogP contribution in [0, 0.1) is 0 Å². The molecule has 1 aromatic heterocycles. The zero-order valence-electron chi connectivity index (χ0n) is 13.8. The molecule has 6 heteroatoms. The highest BCUT2D eigenvalue weighted by molar-refractivity contribution is 7.18. The topological polar surface area (TPSA) is 59.0 Å². The lowest BCUT2D eigenvalue weighted by Crippen LogP contribution is -2.08. The molecule has 0 aliphatic carbocycles. The maximum atomic E-state index is 11.2. The first-order valence-corrected chi connectivity index (χ1v) is 8.35. The number of hydrogen-bond donors (Lipinski definition) is 1. The minimum absolute atomic E-state index is 0.294. The molecular formula is C19H17NO4S. The van der Waals surface area contributed by atoms with Crippen molar-refractivity contribution in [3.8, 4) is 11.5 Å². The van der Waals surface area contributed by atoms with Crippen LogP contribution in [0.5, 0.6) is 11.5 Å². The molecule has 2 aromatic carbocycles. The van der Waals surface area contributed by atoms with Gasteiger partial charge in [-0.15, -0.1) is 11.3 Å². The quantitative estimate of drug-likeness (QED) is 0.679. The number of benzene rings is 2. The summed E-state index contributed by atoms with van der Waals surface area (Å²) in [4.78, 5) is 13.5. The summed E-state index contributed by atoms with van der Waals surface area (Å²) in [6.07, 6.45) is 0. The number of hydrogen-bond acceptors (Lipinski definition) is 5. The standard InChI is InChI=1S/C19H17NO4S/c1-23-15-7-3-13(4-8-15)20(14-5-9-16(24-2)10-6-14)18-12-11-17(25-18)19(21)22/h3-12H,1-2H3,(H,21,22). The van der Waals surface area contributed by atoms with E-state index in [0.717, 1.165) is 27.9 Å². The summed E-state index contributed by atoms with van der Waals surface area (Å²) in [5, 5.41) is 10.0. The van der Waals surface area contributed by atoms with Crippen molar-refractivity contribution in [2.45, 2.75) is 0 Å². The molecule has 0 radical (unpaired) electrons. The number of methoxy groups -OCH3 is 2. The Morgan fingerprint density at radius 1 is 0.840 bits per heavy atom. The van der Waals surface area contributed by atoms with Crippen LogP contribution in [0.2, 0.25) is 0 Å². The molecule has 25 heavy (non-hydrogen) atoms. The SMILES string of the molecule is COc1ccc(N(c2ccc(OC)cc2)c2ccc(C(=O)O)s2)cc1. The normalized spacial score (nSPS) is 10.3. The molecule has 128 valence electrons. The zero-order chi connectivity index (χ0) is 17.8. The molecule has 0 atom stereocenters. The molecule has 0 spiro atoms. The third-order valence-corrected chi connectivity index (χ3v) is 4.74. The van der Waals surface area contributed by atoms with Crippen molar-refractivity contribution in [3.05, 3.63) is 65.5 Å². The van der Waals surface area contributed by atoms with Crippen LogP contribution in [0.1, 0.15) is 9.67 Å². The van der Waals surface area contributed by atoms with Crippen LogP contribution >= 0.6 is 11.3 Å². The highest BCUT2D eigenvalue weighted by atomic mass is 32.1. The number of carboxylic acid groups (broad SMARTS) is 1. The summed E-state index contributed by atoms with van der Waals surface area (Å²) in [6, 6.07) is 18.6. The second-order valence-corrected chi connectivity index (χ2v) is 6.24. The van der Waals surface area contributed by atoms with Gasteiger partial charge in [-0.05, 0) is 60.7 Å². The Bertz CT molecular complexity index is 808. The van der Waals surface area contributed by atoms with Gasteiger partial charge in [0.25, 0.3) is 0 Å². The van der Waals surface area contributed by atoms with Gasteiger partial charge in [0.1, 0.15) is 21.4 Å². The number of rotatable bonds is 6. The predicted octanol–water partition coefficient (Wildman–Crippen LogP) is 4.93. The Balaban J connectivity index is 2.06. The lowest BCUT2D eigenvalue weighted by atomic mass is 10.2. The van der Waals surface area contributed by atoms with Crippen LogP contribution in [-0.4, -0.2) is 25.3 Å². The van der Waals surface area contributed by atoms with Gasteiger partial charge in [0.05, 0.1) is 14.2 Å². The number of nitrogens with zero attached hydrogens (tertiary/aromatic N) is 1. The van der Waals surface area contributed by atoms with E-state index in [1.165, 1.54) is 11.3 Å². The second-order valence-electron chi connectivity index (χ2n) is 5.17. The van der Waals surface area contributed by atoms with Crippen LogP contribution in [-0.2, 0) is 0 Å². The summed E-state index contributed by atoms with van der Waals surface area (Å²) in [6.45, 7) is 0. The number of aromatic carboxylic acids is 1. The monoisotopic (exact) mass is 355 g/mol. The number of thiophene rings is 1. The maximum Gasteiger partial charge on any atom is 0.345 e. The lowest BCUT2D eigenvalue weighted by Gasteiger charge is -2.24. The van der Waals surface area contributed by atoms with Gasteiger partial charge in [0.2, 0.25) is 0 Å². The van der Waals surface area contributed by atoms with Crippen molar-refractivity contribution in [2.75, 3.05) is 19.1 Å². The van der Waals surface area contributed by atoms with Gasteiger partial charge in [-0.2, -0.15) is 0 Å². The predicted molar refractivity (Wildman–Crippen MR) is 99.1 cm³/mol. The summed E-state index contributed by atoms with van der Waals surface area (Å²) in [5.41, 5.74) is 1.81. The average Bonchev–Trinajstić information content (AvgIpc) is 3.13. The van der Waals surface area contributed by atoms with Crippen molar-refractivity contribution in [1.29, 1.82) is 0 Å². The third-order valence-electron chi connectivity index (χ3n) is 3.68. The Hall–Kier alpha value is -2.99. The smallest absolute Gasteiger partial charge is 0.345 e. The van der Waals surface area contributed by atoms with E-state index in [1.807, 2.05) is 59.5 Å². The Labute approximate surface area is 149 Å². The maximum absolute atomic E-state index is 11.2. The van der Waals surface area contributed by atoms with Crippen LogP contribution in [0.4, 0.5) is 16.4 Å². The first-order chi connectivity index (χ1) is 12.1.